The fourth-order valence-corrected chi connectivity index (χ4v) is 4.17. The van der Waals surface area contributed by atoms with Crippen LogP contribution in [0.2, 0.25) is 0 Å². The van der Waals surface area contributed by atoms with Gasteiger partial charge in [-0.1, -0.05) is 54.1 Å². The van der Waals surface area contributed by atoms with Crippen LogP contribution in [0.15, 0.2) is 40.9 Å². The quantitative estimate of drug-likeness (QED) is 0.438. The molecule has 1 aliphatic carbocycles. The van der Waals surface area contributed by atoms with Crippen molar-refractivity contribution in [3.05, 3.63) is 68.7 Å². The number of hydrogen-bond acceptors (Lipinski definition) is 3. The Morgan fingerprint density at radius 2 is 1.68 bits per heavy atom. The van der Waals surface area contributed by atoms with Crippen LogP contribution in [0.1, 0.15) is 66.7 Å². The van der Waals surface area contributed by atoms with E-state index in [0.717, 1.165) is 21.2 Å². The molecule has 0 spiro atoms. The van der Waals surface area contributed by atoms with Gasteiger partial charge in [-0.05, 0) is 65.8 Å². The van der Waals surface area contributed by atoms with Crippen molar-refractivity contribution in [2.24, 2.45) is 0 Å². The van der Waals surface area contributed by atoms with Gasteiger partial charge in [0.1, 0.15) is 5.78 Å². The maximum Gasteiger partial charge on any atom is 0.337 e. The molecule has 0 aliphatic heterocycles. The van der Waals surface area contributed by atoms with E-state index in [0.29, 0.717) is 12.0 Å². The van der Waals surface area contributed by atoms with Crippen molar-refractivity contribution >= 4 is 39.8 Å². The number of ether oxygens (including phenoxy) is 1. The zero-order valence-electron chi connectivity index (χ0n) is 16.9. The summed E-state index contributed by atoms with van der Waals surface area (Å²) in [5.41, 5.74) is 4.19. The first-order chi connectivity index (χ1) is 13.1. The summed E-state index contributed by atoms with van der Waals surface area (Å²) in [6.45, 7) is 8.28. The third-order valence-electron chi connectivity index (χ3n) is 5.63. The fraction of sp³-hybridized carbons (Fsp3) is 0.333. The van der Waals surface area contributed by atoms with Gasteiger partial charge in [0.05, 0.1) is 12.7 Å². The fourth-order valence-electron chi connectivity index (χ4n) is 3.70. The molecular formula is C24H25BrO3. The van der Waals surface area contributed by atoms with Gasteiger partial charge in [0.2, 0.25) is 0 Å². The molecule has 1 aliphatic rings. The molecule has 0 saturated heterocycles. The first-order valence-corrected chi connectivity index (χ1v) is 10.1. The highest BCUT2D eigenvalue weighted by Gasteiger charge is 2.43. The average molecular weight is 441 g/mol. The summed E-state index contributed by atoms with van der Waals surface area (Å²) < 4.78 is 5.73. The van der Waals surface area contributed by atoms with Crippen LogP contribution >= 0.6 is 15.9 Å². The number of methoxy groups -OCH3 is 1. The van der Waals surface area contributed by atoms with Crippen LogP contribution < -0.4 is 0 Å². The molecule has 0 radical (unpaired) electrons. The number of Topliss-reactive ketones (excluding diaryl/α,β-unsaturated/α-hetero) is 1. The second-order valence-electron chi connectivity index (χ2n) is 8.48. The van der Waals surface area contributed by atoms with Gasteiger partial charge in [-0.15, -0.1) is 0 Å². The largest absolute Gasteiger partial charge is 0.465 e. The highest BCUT2D eigenvalue weighted by Crippen LogP contribution is 2.45. The second-order valence-corrected chi connectivity index (χ2v) is 9.33. The van der Waals surface area contributed by atoms with Gasteiger partial charge in [0, 0.05) is 16.3 Å². The van der Waals surface area contributed by atoms with E-state index in [2.05, 4.69) is 41.9 Å². The van der Waals surface area contributed by atoms with E-state index < -0.39 is 5.41 Å². The molecule has 0 atom stereocenters. The summed E-state index contributed by atoms with van der Waals surface area (Å²) in [6.07, 6.45) is 4.58. The molecular weight excluding hydrogens is 416 g/mol. The molecule has 2 aromatic rings. The molecule has 0 saturated carbocycles. The van der Waals surface area contributed by atoms with E-state index in [9.17, 15) is 9.59 Å². The summed E-state index contributed by atoms with van der Waals surface area (Å²) in [6, 6.07) is 11.5. The Balaban J connectivity index is 1.98. The van der Waals surface area contributed by atoms with Gasteiger partial charge in [-0.3, -0.25) is 4.79 Å². The second kappa shape index (κ2) is 7.32. The number of ketones is 1. The number of esters is 1. The molecule has 0 aromatic heterocycles. The zero-order chi connectivity index (χ0) is 20.7. The minimum absolute atomic E-state index is 0.170. The number of fused-ring (bicyclic) bond motifs is 1. The Bertz CT molecular complexity index is 966. The molecule has 0 amide bonds. The van der Waals surface area contributed by atoms with Crippen LogP contribution in [0, 0.1) is 0 Å². The Kier molecular flexibility index (Phi) is 5.37. The Morgan fingerprint density at radius 3 is 2.29 bits per heavy atom. The molecule has 4 heteroatoms. The first-order valence-electron chi connectivity index (χ1n) is 9.30. The standard InChI is InChI=1S/C24H25BrO3/c1-23(2)14-21(26)24(3,4)19-12-17(20(25)13-18(19)23)11-8-15-6-9-16(10-7-15)22(27)28-5/h6-13H,14H2,1-5H3. The van der Waals surface area contributed by atoms with E-state index in [1.165, 1.54) is 12.7 Å². The van der Waals surface area contributed by atoms with Gasteiger partial charge in [0.15, 0.2) is 0 Å². The van der Waals surface area contributed by atoms with E-state index in [-0.39, 0.29) is 17.2 Å². The lowest BCUT2D eigenvalue weighted by Crippen LogP contribution is -2.42. The van der Waals surface area contributed by atoms with Crippen LogP contribution in [0.3, 0.4) is 0 Å². The molecule has 3 nitrogen and oxygen atoms in total. The predicted octanol–water partition coefficient (Wildman–Crippen LogP) is 5.93. The Hall–Kier alpha value is -2.20. The Labute approximate surface area is 174 Å². The van der Waals surface area contributed by atoms with Crippen LogP contribution in [-0.2, 0) is 20.4 Å². The van der Waals surface area contributed by atoms with E-state index in [1.807, 2.05) is 38.1 Å². The third-order valence-corrected chi connectivity index (χ3v) is 6.31. The van der Waals surface area contributed by atoms with Crippen molar-refractivity contribution in [2.45, 2.75) is 44.9 Å². The van der Waals surface area contributed by atoms with Gasteiger partial charge in [-0.25, -0.2) is 4.79 Å². The van der Waals surface area contributed by atoms with E-state index in [4.69, 9.17) is 4.74 Å². The molecule has 0 bridgehead atoms. The Morgan fingerprint density at radius 1 is 1.04 bits per heavy atom. The maximum atomic E-state index is 12.7. The van der Waals surface area contributed by atoms with Crippen molar-refractivity contribution < 1.29 is 14.3 Å². The molecule has 28 heavy (non-hydrogen) atoms. The molecule has 0 N–H and O–H groups in total. The minimum Gasteiger partial charge on any atom is -0.465 e. The number of carbonyl (C=O) groups excluding carboxylic acids is 2. The number of halogens is 1. The first kappa shape index (κ1) is 20.5. The van der Waals surface area contributed by atoms with Gasteiger partial charge in [0.25, 0.3) is 0 Å². The monoisotopic (exact) mass is 440 g/mol. The van der Waals surface area contributed by atoms with Gasteiger partial charge >= 0.3 is 5.97 Å². The average Bonchev–Trinajstić information content (AvgIpc) is 2.65. The number of hydrogen-bond donors (Lipinski definition) is 0. The van der Waals surface area contributed by atoms with Gasteiger partial charge < -0.3 is 4.74 Å². The SMILES string of the molecule is COC(=O)c1ccc(C=Cc2cc3c(cc2Br)C(C)(C)CC(=O)C3(C)C)cc1. The van der Waals surface area contributed by atoms with E-state index >= 15 is 0 Å². The lowest BCUT2D eigenvalue weighted by Gasteiger charge is -2.40. The van der Waals surface area contributed by atoms with Crippen LogP contribution in [0.4, 0.5) is 0 Å². The number of rotatable bonds is 3. The zero-order valence-corrected chi connectivity index (χ0v) is 18.5. The van der Waals surface area contributed by atoms with Crippen LogP contribution in [0.25, 0.3) is 12.2 Å². The van der Waals surface area contributed by atoms with Crippen molar-refractivity contribution in [1.82, 2.24) is 0 Å². The summed E-state index contributed by atoms with van der Waals surface area (Å²) in [7, 11) is 1.37. The van der Waals surface area contributed by atoms with Crippen LogP contribution in [0.5, 0.6) is 0 Å². The predicted molar refractivity (Wildman–Crippen MR) is 117 cm³/mol. The topological polar surface area (TPSA) is 43.4 Å². The molecule has 2 aromatic carbocycles. The van der Waals surface area contributed by atoms with E-state index in [1.54, 1.807) is 12.1 Å². The van der Waals surface area contributed by atoms with Crippen molar-refractivity contribution in [2.75, 3.05) is 7.11 Å². The van der Waals surface area contributed by atoms with Crippen molar-refractivity contribution in [3.8, 4) is 0 Å². The highest BCUT2D eigenvalue weighted by molar-refractivity contribution is 9.10. The lowest BCUT2D eigenvalue weighted by molar-refractivity contribution is -0.125. The van der Waals surface area contributed by atoms with Crippen LogP contribution in [-0.4, -0.2) is 18.9 Å². The number of carbonyl (C=O) groups is 2. The summed E-state index contributed by atoms with van der Waals surface area (Å²) in [5, 5.41) is 0. The smallest absolute Gasteiger partial charge is 0.337 e. The molecule has 0 fully saturated rings. The van der Waals surface area contributed by atoms with Gasteiger partial charge in [-0.2, -0.15) is 0 Å². The molecule has 0 unspecified atom stereocenters. The summed E-state index contributed by atoms with van der Waals surface area (Å²) in [5.74, 6) is -0.0666. The number of benzene rings is 2. The third kappa shape index (κ3) is 3.70. The molecule has 146 valence electrons. The van der Waals surface area contributed by atoms with Crippen molar-refractivity contribution in [3.63, 3.8) is 0 Å². The summed E-state index contributed by atoms with van der Waals surface area (Å²) >= 11 is 3.70. The molecule has 0 heterocycles. The van der Waals surface area contributed by atoms with Crippen molar-refractivity contribution in [1.29, 1.82) is 0 Å². The summed E-state index contributed by atoms with van der Waals surface area (Å²) in [4.78, 5) is 24.3. The minimum atomic E-state index is -0.490. The lowest BCUT2D eigenvalue weighted by atomic mass is 9.62. The maximum absolute atomic E-state index is 12.7. The highest BCUT2D eigenvalue weighted by atomic mass is 79.9. The normalized spacial score (nSPS) is 17.4. The molecule has 3 rings (SSSR count).